The summed E-state index contributed by atoms with van der Waals surface area (Å²) in [6.45, 7) is 7.25. The van der Waals surface area contributed by atoms with Crippen LogP contribution in [0.1, 0.15) is 19.4 Å². The van der Waals surface area contributed by atoms with Gasteiger partial charge in [-0.05, 0) is 47.6 Å². The minimum Gasteiger partial charge on any atom is -0.504 e. The third-order valence-electron chi connectivity index (χ3n) is 3.30. The van der Waals surface area contributed by atoms with Gasteiger partial charge in [0.15, 0.2) is 11.5 Å². The summed E-state index contributed by atoms with van der Waals surface area (Å²) in [5, 5.41) is 20.9. The molecule has 2 aromatic carbocycles. The Balaban J connectivity index is 2.35. The summed E-state index contributed by atoms with van der Waals surface area (Å²) < 4.78 is 0. The van der Waals surface area contributed by atoms with E-state index in [1.165, 1.54) is 5.56 Å². The molecule has 0 heterocycles. The third-order valence-corrected chi connectivity index (χ3v) is 3.30. The topological polar surface area (TPSA) is 43.7 Å². The lowest BCUT2D eigenvalue weighted by Gasteiger charge is -2.18. The highest BCUT2D eigenvalue weighted by atomic mass is 16.3. The van der Waals surface area contributed by atoms with Crippen LogP contribution in [0.3, 0.4) is 0 Å². The number of aromatic hydroxyl groups is 2. The number of benzene rings is 2. The molecule has 0 aliphatic rings. The largest absolute Gasteiger partial charge is 0.504 e. The third kappa shape index (κ3) is 2.57. The van der Waals surface area contributed by atoms with Gasteiger partial charge >= 0.3 is 0 Å². The van der Waals surface area contributed by atoms with Crippen molar-refractivity contribution in [1.29, 1.82) is 0 Å². The number of nitrogens with zero attached hydrogens (tertiary/aromatic N) is 1. The summed E-state index contributed by atoms with van der Waals surface area (Å²) in [5.74, 6) is -0.138. The molecule has 2 rings (SSSR count). The standard InChI is InChI=1S/C15H19NO2/c1-3-16(4-2)10-11-5-6-12-8-14(17)15(18)9-13(12)7-11/h5-9,17-18H,3-4,10H2,1-2H3. The van der Waals surface area contributed by atoms with E-state index >= 15 is 0 Å². The summed E-state index contributed by atoms with van der Waals surface area (Å²) in [7, 11) is 0. The second kappa shape index (κ2) is 5.27. The van der Waals surface area contributed by atoms with E-state index in [4.69, 9.17) is 0 Å². The summed E-state index contributed by atoms with van der Waals surface area (Å²) in [6, 6.07) is 9.31. The zero-order chi connectivity index (χ0) is 13.1. The summed E-state index contributed by atoms with van der Waals surface area (Å²) in [4.78, 5) is 2.33. The Morgan fingerprint density at radius 2 is 1.50 bits per heavy atom. The van der Waals surface area contributed by atoms with Crippen molar-refractivity contribution in [2.24, 2.45) is 0 Å². The van der Waals surface area contributed by atoms with Gasteiger partial charge in [-0.2, -0.15) is 0 Å². The molecule has 0 radical (unpaired) electrons. The smallest absolute Gasteiger partial charge is 0.158 e. The van der Waals surface area contributed by atoms with Crippen molar-refractivity contribution in [2.45, 2.75) is 20.4 Å². The maximum absolute atomic E-state index is 9.52. The first-order valence-corrected chi connectivity index (χ1v) is 6.31. The van der Waals surface area contributed by atoms with E-state index in [9.17, 15) is 10.2 Å². The van der Waals surface area contributed by atoms with Gasteiger partial charge in [0, 0.05) is 6.54 Å². The summed E-state index contributed by atoms with van der Waals surface area (Å²) >= 11 is 0. The minimum atomic E-state index is -0.0704. The average molecular weight is 245 g/mol. The molecular formula is C15H19NO2. The maximum atomic E-state index is 9.52. The molecule has 0 fully saturated rings. The first-order chi connectivity index (χ1) is 8.63. The molecule has 96 valence electrons. The van der Waals surface area contributed by atoms with E-state index in [-0.39, 0.29) is 11.5 Å². The highest BCUT2D eigenvalue weighted by molar-refractivity contribution is 5.86. The molecule has 0 unspecified atom stereocenters. The fraction of sp³-hybridized carbons (Fsp3) is 0.333. The fourth-order valence-corrected chi connectivity index (χ4v) is 2.13. The Morgan fingerprint density at radius 3 is 2.11 bits per heavy atom. The SMILES string of the molecule is CCN(CC)Cc1ccc2cc(O)c(O)cc2c1. The van der Waals surface area contributed by atoms with Crippen molar-refractivity contribution >= 4 is 10.8 Å². The zero-order valence-electron chi connectivity index (χ0n) is 10.8. The van der Waals surface area contributed by atoms with Crippen LogP contribution in [0.25, 0.3) is 10.8 Å². The molecule has 2 N–H and O–H groups in total. The number of phenols is 2. The Hall–Kier alpha value is -1.74. The molecule has 3 nitrogen and oxygen atoms in total. The van der Waals surface area contributed by atoms with Gasteiger partial charge in [-0.25, -0.2) is 0 Å². The molecule has 0 aromatic heterocycles. The second-order valence-electron chi connectivity index (χ2n) is 4.48. The summed E-state index contributed by atoms with van der Waals surface area (Å²) in [5.41, 5.74) is 1.22. The second-order valence-corrected chi connectivity index (χ2v) is 4.48. The summed E-state index contributed by atoms with van der Waals surface area (Å²) in [6.07, 6.45) is 0. The van der Waals surface area contributed by atoms with Crippen molar-refractivity contribution in [2.75, 3.05) is 13.1 Å². The molecular weight excluding hydrogens is 226 g/mol. The van der Waals surface area contributed by atoms with Gasteiger partial charge in [-0.3, -0.25) is 4.90 Å². The van der Waals surface area contributed by atoms with Crippen LogP contribution in [0.5, 0.6) is 11.5 Å². The number of hydrogen-bond donors (Lipinski definition) is 2. The molecule has 0 spiro atoms. The number of phenolic OH excluding ortho intramolecular Hbond substituents is 2. The van der Waals surface area contributed by atoms with Crippen molar-refractivity contribution in [3.8, 4) is 11.5 Å². The number of fused-ring (bicyclic) bond motifs is 1. The maximum Gasteiger partial charge on any atom is 0.158 e. The van der Waals surface area contributed by atoms with Gasteiger partial charge < -0.3 is 10.2 Å². The van der Waals surface area contributed by atoms with Crippen molar-refractivity contribution < 1.29 is 10.2 Å². The molecule has 2 aromatic rings. The molecule has 0 amide bonds. The van der Waals surface area contributed by atoms with Crippen molar-refractivity contribution in [3.63, 3.8) is 0 Å². The molecule has 0 atom stereocenters. The Kier molecular flexibility index (Phi) is 3.72. The van der Waals surface area contributed by atoms with Gasteiger partial charge in [0.2, 0.25) is 0 Å². The van der Waals surface area contributed by atoms with Crippen LogP contribution in [0.2, 0.25) is 0 Å². The quantitative estimate of drug-likeness (QED) is 0.813. The molecule has 0 aliphatic heterocycles. The van der Waals surface area contributed by atoms with E-state index < -0.39 is 0 Å². The van der Waals surface area contributed by atoms with Gasteiger partial charge in [0.25, 0.3) is 0 Å². The van der Waals surface area contributed by atoms with Crippen LogP contribution in [0, 0.1) is 0 Å². The zero-order valence-corrected chi connectivity index (χ0v) is 10.8. The number of hydrogen-bond acceptors (Lipinski definition) is 3. The van der Waals surface area contributed by atoms with Gasteiger partial charge in [0.1, 0.15) is 0 Å². The Bertz CT molecular complexity index is 547. The van der Waals surface area contributed by atoms with Gasteiger partial charge in [-0.15, -0.1) is 0 Å². The normalized spacial score (nSPS) is 11.3. The molecule has 3 heteroatoms. The van der Waals surface area contributed by atoms with Gasteiger partial charge in [0.05, 0.1) is 0 Å². The molecule has 0 bridgehead atoms. The van der Waals surface area contributed by atoms with E-state index in [0.29, 0.717) is 0 Å². The Labute approximate surface area is 107 Å². The van der Waals surface area contributed by atoms with Crippen LogP contribution in [0.15, 0.2) is 30.3 Å². The first-order valence-electron chi connectivity index (χ1n) is 6.31. The van der Waals surface area contributed by atoms with Crippen LogP contribution < -0.4 is 0 Å². The van der Waals surface area contributed by atoms with Crippen LogP contribution >= 0.6 is 0 Å². The van der Waals surface area contributed by atoms with Crippen LogP contribution in [0.4, 0.5) is 0 Å². The average Bonchev–Trinajstić information content (AvgIpc) is 2.37. The highest BCUT2D eigenvalue weighted by Crippen LogP contribution is 2.30. The molecule has 0 saturated carbocycles. The molecule has 0 aliphatic carbocycles. The van der Waals surface area contributed by atoms with Crippen molar-refractivity contribution in [1.82, 2.24) is 4.90 Å². The lowest BCUT2D eigenvalue weighted by Crippen LogP contribution is -2.21. The molecule has 0 saturated heterocycles. The van der Waals surface area contributed by atoms with E-state index in [1.54, 1.807) is 12.1 Å². The first kappa shape index (κ1) is 12.7. The van der Waals surface area contributed by atoms with Crippen molar-refractivity contribution in [3.05, 3.63) is 35.9 Å². The number of rotatable bonds is 4. The fourth-order valence-electron chi connectivity index (χ4n) is 2.13. The predicted molar refractivity (Wildman–Crippen MR) is 73.9 cm³/mol. The van der Waals surface area contributed by atoms with E-state index in [1.807, 2.05) is 6.07 Å². The van der Waals surface area contributed by atoms with E-state index in [2.05, 4.69) is 30.9 Å². The Morgan fingerprint density at radius 1 is 0.889 bits per heavy atom. The highest BCUT2D eigenvalue weighted by Gasteiger charge is 2.05. The lowest BCUT2D eigenvalue weighted by atomic mass is 10.1. The predicted octanol–water partition coefficient (Wildman–Crippen LogP) is 3.09. The monoisotopic (exact) mass is 245 g/mol. The van der Waals surface area contributed by atoms with Gasteiger partial charge in [-0.1, -0.05) is 26.0 Å². The van der Waals surface area contributed by atoms with Crippen LogP contribution in [-0.4, -0.2) is 28.2 Å². The van der Waals surface area contributed by atoms with Crippen LogP contribution in [-0.2, 0) is 6.54 Å². The van der Waals surface area contributed by atoms with E-state index in [0.717, 1.165) is 30.4 Å². The lowest BCUT2D eigenvalue weighted by molar-refractivity contribution is 0.296. The molecule has 18 heavy (non-hydrogen) atoms. The minimum absolute atomic E-state index is 0.0671.